The number of benzene rings is 1. The Labute approximate surface area is 152 Å². The molecule has 1 rings (SSSR count). The fourth-order valence-corrected chi connectivity index (χ4v) is 2.51. The maximum absolute atomic E-state index is 12.2. The normalized spacial score (nSPS) is 11.0. The second-order valence-corrected chi connectivity index (χ2v) is 7.53. The van der Waals surface area contributed by atoms with E-state index in [9.17, 15) is 9.59 Å². The number of likely N-dealkylation sites (N-methyl/N-ethyl adjacent to an activating group) is 1. The third-order valence-corrected chi connectivity index (χ3v) is 3.68. The molecule has 1 aromatic carbocycles. The van der Waals surface area contributed by atoms with E-state index in [1.165, 1.54) is 0 Å². The van der Waals surface area contributed by atoms with Gasteiger partial charge in [-0.15, -0.1) is 0 Å². The first-order chi connectivity index (χ1) is 11.2. The molecule has 0 spiro atoms. The zero-order valence-electron chi connectivity index (χ0n) is 14.9. The Kier molecular flexibility index (Phi) is 8.25. The van der Waals surface area contributed by atoms with Crippen molar-refractivity contribution in [3.63, 3.8) is 0 Å². The minimum atomic E-state index is -0.294. The molecule has 6 heteroatoms. The Bertz CT molecular complexity index is 555. The van der Waals surface area contributed by atoms with Crippen molar-refractivity contribution in [3.05, 3.63) is 28.7 Å². The van der Waals surface area contributed by atoms with Gasteiger partial charge < -0.3 is 15.0 Å². The summed E-state index contributed by atoms with van der Waals surface area (Å²) in [7, 11) is 0. The maximum Gasteiger partial charge on any atom is 0.240 e. The molecule has 134 valence electrons. The number of rotatable bonds is 8. The van der Waals surface area contributed by atoms with Crippen LogP contribution in [0, 0.1) is 0 Å². The van der Waals surface area contributed by atoms with E-state index in [1.54, 1.807) is 4.90 Å². The number of hydrogen-bond donors (Lipinski definition) is 1. The summed E-state index contributed by atoms with van der Waals surface area (Å²) in [4.78, 5) is 25.7. The predicted octanol–water partition coefficient (Wildman–Crippen LogP) is 3.37. The van der Waals surface area contributed by atoms with Gasteiger partial charge in [0.05, 0.1) is 13.2 Å². The summed E-state index contributed by atoms with van der Waals surface area (Å²) in [5.74, 6) is 0.608. The molecule has 24 heavy (non-hydrogen) atoms. The van der Waals surface area contributed by atoms with Gasteiger partial charge in [0.2, 0.25) is 11.8 Å². The Hall–Kier alpha value is -1.56. The first kappa shape index (κ1) is 20.5. The molecule has 0 aliphatic heterocycles. The third-order valence-electron chi connectivity index (χ3n) is 3.18. The van der Waals surface area contributed by atoms with Crippen LogP contribution >= 0.6 is 15.9 Å². The standard InChI is InChI=1S/C18H27BrN2O3/c1-5-21(13-16(22)20-18(2,3)4)17(23)10-7-11-24-15-9-6-8-14(19)12-15/h6,8-9,12H,5,7,10-11,13H2,1-4H3,(H,20,22). The van der Waals surface area contributed by atoms with Crippen LogP contribution in [0.1, 0.15) is 40.5 Å². The number of nitrogens with one attached hydrogen (secondary N) is 1. The monoisotopic (exact) mass is 398 g/mol. The van der Waals surface area contributed by atoms with Crippen LogP contribution in [0.15, 0.2) is 28.7 Å². The van der Waals surface area contributed by atoms with Crippen molar-refractivity contribution < 1.29 is 14.3 Å². The summed E-state index contributed by atoms with van der Waals surface area (Å²) in [6.07, 6.45) is 0.980. The van der Waals surface area contributed by atoms with Gasteiger partial charge >= 0.3 is 0 Å². The zero-order chi connectivity index (χ0) is 18.2. The number of amides is 2. The third kappa shape index (κ3) is 8.34. The van der Waals surface area contributed by atoms with Crippen molar-refractivity contribution in [1.82, 2.24) is 10.2 Å². The quantitative estimate of drug-likeness (QED) is 0.682. The smallest absolute Gasteiger partial charge is 0.240 e. The predicted molar refractivity (Wildman–Crippen MR) is 99.0 cm³/mol. The van der Waals surface area contributed by atoms with Crippen molar-refractivity contribution in [2.24, 2.45) is 0 Å². The molecule has 0 saturated heterocycles. The summed E-state index contributed by atoms with van der Waals surface area (Å²) in [5, 5.41) is 2.87. The summed E-state index contributed by atoms with van der Waals surface area (Å²) in [6, 6.07) is 7.59. The van der Waals surface area contributed by atoms with Crippen LogP contribution in [0.2, 0.25) is 0 Å². The van der Waals surface area contributed by atoms with E-state index < -0.39 is 0 Å². The highest BCUT2D eigenvalue weighted by atomic mass is 79.9. The first-order valence-electron chi connectivity index (χ1n) is 8.18. The number of hydrogen-bond acceptors (Lipinski definition) is 3. The Morgan fingerprint density at radius 2 is 2.00 bits per heavy atom. The Morgan fingerprint density at radius 1 is 1.29 bits per heavy atom. The van der Waals surface area contributed by atoms with E-state index in [1.807, 2.05) is 52.0 Å². The Morgan fingerprint density at radius 3 is 2.58 bits per heavy atom. The lowest BCUT2D eigenvalue weighted by atomic mass is 10.1. The molecule has 0 aromatic heterocycles. The largest absolute Gasteiger partial charge is 0.494 e. The van der Waals surface area contributed by atoms with Crippen LogP contribution in [-0.2, 0) is 9.59 Å². The lowest BCUT2D eigenvalue weighted by Gasteiger charge is -2.25. The van der Waals surface area contributed by atoms with Gasteiger partial charge in [-0.3, -0.25) is 9.59 Å². The van der Waals surface area contributed by atoms with Crippen molar-refractivity contribution in [2.75, 3.05) is 19.7 Å². The van der Waals surface area contributed by atoms with Crippen LogP contribution in [0.4, 0.5) is 0 Å². The van der Waals surface area contributed by atoms with E-state index in [4.69, 9.17) is 4.74 Å². The minimum absolute atomic E-state index is 0.0283. The molecular formula is C18H27BrN2O3. The molecule has 5 nitrogen and oxygen atoms in total. The first-order valence-corrected chi connectivity index (χ1v) is 8.97. The van der Waals surface area contributed by atoms with Crippen LogP contribution in [0.5, 0.6) is 5.75 Å². The molecule has 0 unspecified atom stereocenters. The van der Waals surface area contributed by atoms with E-state index in [2.05, 4.69) is 21.2 Å². The van der Waals surface area contributed by atoms with Gasteiger partial charge in [-0.2, -0.15) is 0 Å². The van der Waals surface area contributed by atoms with Crippen molar-refractivity contribution in [3.8, 4) is 5.75 Å². The fraction of sp³-hybridized carbons (Fsp3) is 0.556. The van der Waals surface area contributed by atoms with Crippen LogP contribution < -0.4 is 10.1 Å². The molecule has 1 aromatic rings. The van der Waals surface area contributed by atoms with Crippen LogP contribution in [0.3, 0.4) is 0 Å². The fourth-order valence-electron chi connectivity index (χ4n) is 2.14. The SMILES string of the molecule is CCN(CC(=O)NC(C)(C)C)C(=O)CCCOc1cccc(Br)c1. The van der Waals surface area contributed by atoms with Crippen LogP contribution in [-0.4, -0.2) is 41.9 Å². The van der Waals surface area contributed by atoms with E-state index >= 15 is 0 Å². The lowest BCUT2D eigenvalue weighted by molar-refractivity contribution is -0.136. The topological polar surface area (TPSA) is 58.6 Å². The molecule has 1 N–H and O–H groups in total. The molecule has 0 saturated carbocycles. The molecular weight excluding hydrogens is 372 g/mol. The van der Waals surface area contributed by atoms with Gasteiger partial charge in [-0.05, 0) is 52.3 Å². The minimum Gasteiger partial charge on any atom is -0.494 e. The van der Waals surface area contributed by atoms with E-state index in [-0.39, 0.29) is 23.9 Å². The molecule has 0 radical (unpaired) electrons. The van der Waals surface area contributed by atoms with Gasteiger partial charge in [0.1, 0.15) is 5.75 Å². The average molecular weight is 399 g/mol. The number of halogens is 1. The molecule has 0 bridgehead atoms. The van der Waals surface area contributed by atoms with Gasteiger partial charge in [0.15, 0.2) is 0 Å². The average Bonchev–Trinajstić information content (AvgIpc) is 2.47. The molecule has 0 aliphatic carbocycles. The lowest BCUT2D eigenvalue weighted by Crippen LogP contribution is -2.47. The van der Waals surface area contributed by atoms with Gasteiger partial charge in [-0.1, -0.05) is 22.0 Å². The summed E-state index contributed by atoms with van der Waals surface area (Å²) >= 11 is 3.39. The molecule has 0 atom stereocenters. The highest BCUT2D eigenvalue weighted by molar-refractivity contribution is 9.10. The van der Waals surface area contributed by atoms with E-state index in [0.29, 0.717) is 26.0 Å². The highest BCUT2D eigenvalue weighted by Gasteiger charge is 2.19. The maximum atomic E-state index is 12.2. The van der Waals surface area contributed by atoms with Crippen molar-refractivity contribution in [1.29, 1.82) is 0 Å². The number of carbonyl (C=O) groups is 2. The van der Waals surface area contributed by atoms with E-state index in [0.717, 1.165) is 10.2 Å². The number of nitrogens with zero attached hydrogens (tertiary/aromatic N) is 1. The summed E-state index contributed by atoms with van der Waals surface area (Å²) < 4.78 is 6.57. The molecule has 2 amide bonds. The van der Waals surface area contributed by atoms with Gasteiger partial charge in [0.25, 0.3) is 0 Å². The summed E-state index contributed by atoms with van der Waals surface area (Å²) in [5.41, 5.74) is -0.294. The van der Waals surface area contributed by atoms with Gasteiger partial charge in [0, 0.05) is 23.0 Å². The van der Waals surface area contributed by atoms with Crippen LogP contribution in [0.25, 0.3) is 0 Å². The van der Waals surface area contributed by atoms with Crippen molar-refractivity contribution >= 4 is 27.7 Å². The summed E-state index contributed by atoms with van der Waals surface area (Å²) in [6.45, 7) is 8.71. The second kappa shape index (κ2) is 9.67. The van der Waals surface area contributed by atoms with Gasteiger partial charge in [-0.25, -0.2) is 0 Å². The number of carbonyl (C=O) groups excluding carboxylic acids is 2. The second-order valence-electron chi connectivity index (χ2n) is 6.62. The zero-order valence-corrected chi connectivity index (χ0v) is 16.5. The van der Waals surface area contributed by atoms with Crippen molar-refractivity contribution in [2.45, 2.75) is 46.1 Å². The Balaban J connectivity index is 2.35. The number of ether oxygens (including phenoxy) is 1. The molecule has 0 fully saturated rings. The highest BCUT2D eigenvalue weighted by Crippen LogP contribution is 2.18. The molecule has 0 aliphatic rings. The molecule has 0 heterocycles.